The van der Waals surface area contributed by atoms with Crippen molar-refractivity contribution in [3.63, 3.8) is 0 Å². The first-order valence-electron chi connectivity index (χ1n) is 3.57. The van der Waals surface area contributed by atoms with Crippen LogP contribution < -0.4 is 0 Å². The van der Waals surface area contributed by atoms with E-state index in [-0.39, 0.29) is 18.1 Å². The van der Waals surface area contributed by atoms with E-state index in [1.807, 2.05) is 20.8 Å². The van der Waals surface area contributed by atoms with Crippen LogP contribution in [0.3, 0.4) is 0 Å². The molecule has 0 aliphatic carbocycles. The largest absolute Gasteiger partial charge is 0.501 e. The van der Waals surface area contributed by atoms with Gasteiger partial charge in [0.1, 0.15) is 0 Å². The van der Waals surface area contributed by atoms with E-state index in [1.165, 1.54) is 0 Å². The zero-order chi connectivity index (χ0) is 9.83. The molecule has 4 heteroatoms. The van der Waals surface area contributed by atoms with E-state index in [0.717, 1.165) is 0 Å². The van der Waals surface area contributed by atoms with Crippen molar-refractivity contribution < 1.29 is 17.9 Å². The molecule has 0 rings (SSSR count). The summed E-state index contributed by atoms with van der Waals surface area (Å²) in [5.74, 6) is 0. The highest BCUT2D eigenvalue weighted by Gasteiger charge is 2.22. The van der Waals surface area contributed by atoms with Crippen LogP contribution in [0.2, 0.25) is 0 Å². The first-order chi connectivity index (χ1) is 5.21. The molecule has 0 saturated heterocycles. The zero-order valence-electron chi connectivity index (χ0n) is 7.40. The summed E-state index contributed by atoms with van der Waals surface area (Å²) in [6.07, 6.45) is -3.51. The van der Waals surface area contributed by atoms with Crippen molar-refractivity contribution in [2.45, 2.75) is 26.9 Å². The number of rotatable bonds is 2. The molecule has 0 fully saturated rings. The lowest BCUT2D eigenvalue weighted by molar-refractivity contribution is -0.0819. The average Bonchev–Trinajstić information content (AvgIpc) is 1.76. The molecular weight excluding hydrogens is 169 g/mol. The molecule has 0 saturated carbocycles. The molecule has 0 aliphatic rings. The maximum absolute atomic E-state index is 11.5. The van der Waals surface area contributed by atoms with Gasteiger partial charge in [0.15, 0.2) is 0 Å². The molecule has 0 aromatic heterocycles. The topological polar surface area (TPSA) is 9.23 Å². The minimum absolute atomic E-state index is 0.0821. The molecule has 0 unspecified atom stereocenters. The maximum Gasteiger partial charge on any atom is 0.412 e. The summed E-state index contributed by atoms with van der Waals surface area (Å²) >= 11 is 0. The fourth-order valence-electron chi connectivity index (χ4n) is 0.423. The van der Waals surface area contributed by atoms with E-state index in [9.17, 15) is 13.2 Å². The molecule has 12 heavy (non-hydrogen) atoms. The Kier molecular flexibility index (Phi) is 3.61. The maximum atomic E-state index is 11.5. The number of alkyl halides is 3. The fraction of sp³-hybridized carbons (Fsp3) is 0.750. The molecule has 0 amide bonds. The van der Waals surface area contributed by atoms with E-state index in [0.29, 0.717) is 6.26 Å². The van der Waals surface area contributed by atoms with E-state index >= 15 is 0 Å². The van der Waals surface area contributed by atoms with Crippen LogP contribution in [-0.2, 0) is 4.74 Å². The van der Waals surface area contributed by atoms with E-state index in [4.69, 9.17) is 0 Å². The van der Waals surface area contributed by atoms with Gasteiger partial charge in [-0.3, -0.25) is 0 Å². The van der Waals surface area contributed by atoms with Crippen molar-refractivity contribution in [1.29, 1.82) is 0 Å². The van der Waals surface area contributed by atoms with Crippen molar-refractivity contribution in [1.82, 2.24) is 0 Å². The van der Waals surface area contributed by atoms with Gasteiger partial charge in [0.25, 0.3) is 0 Å². The average molecular weight is 182 g/mol. The highest BCUT2D eigenvalue weighted by atomic mass is 19.4. The molecule has 1 nitrogen and oxygen atoms in total. The number of hydrogen-bond acceptors (Lipinski definition) is 1. The summed E-state index contributed by atoms with van der Waals surface area (Å²) in [6, 6.07) is 0. The summed E-state index contributed by atoms with van der Waals surface area (Å²) in [5, 5.41) is 0. The molecule has 0 bridgehead atoms. The predicted molar refractivity (Wildman–Crippen MR) is 40.6 cm³/mol. The summed E-state index contributed by atoms with van der Waals surface area (Å²) in [7, 11) is 0. The van der Waals surface area contributed by atoms with E-state index in [2.05, 4.69) is 4.74 Å². The molecule has 0 N–H and O–H groups in total. The minimum atomic E-state index is -4.28. The van der Waals surface area contributed by atoms with Crippen LogP contribution >= 0.6 is 0 Å². The summed E-state index contributed by atoms with van der Waals surface area (Å²) in [5.41, 5.74) is -0.115. The lowest BCUT2D eigenvalue weighted by Gasteiger charge is -2.16. The fourth-order valence-corrected chi connectivity index (χ4v) is 0.423. The number of ether oxygens (including phenoxy) is 1. The molecular formula is C8H13F3O. The van der Waals surface area contributed by atoms with Crippen molar-refractivity contribution in [2.24, 2.45) is 5.41 Å². The molecule has 0 atom stereocenters. The van der Waals surface area contributed by atoms with Gasteiger partial charge >= 0.3 is 6.18 Å². The quantitative estimate of drug-likeness (QED) is 0.596. The molecule has 0 aliphatic heterocycles. The summed E-state index contributed by atoms with van der Waals surface area (Å²) in [6.45, 7) is 5.93. The van der Waals surface area contributed by atoms with Crippen LogP contribution in [0.15, 0.2) is 12.3 Å². The number of halogens is 3. The molecule has 0 heterocycles. The van der Waals surface area contributed by atoms with Crippen LogP contribution in [-0.4, -0.2) is 12.8 Å². The predicted octanol–water partition coefficient (Wildman–Crippen LogP) is 3.13. The third-order valence-electron chi connectivity index (χ3n) is 0.870. The second kappa shape index (κ2) is 3.83. The van der Waals surface area contributed by atoms with E-state index < -0.39 is 6.18 Å². The first kappa shape index (κ1) is 11.3. The van der Waals surface area contributed by atoms with Crippen molar-refractivity contribution in [2.75, 3.05) is 6.61 Å². The van der Waals surface area contributed by atoms with Gasteiger partial charge in [-0.15, -0.1) is 0 Å². The highest BCUT2D eigenvalue weighted by molar-refractivity contribution is 4.82. The Morgan fingerprint density at radius 1 is 1.17 bits per heavy atom. The van der Waals surface area contributed by atoms with Gasteiger partial charge in [-0.25, -0.2) is 0 Å². The van der Waals surface area contributed by atoms with Crippen molar-refractivity contribution in [3.8, 4) is 0 Å². The van der Waals surface area contributed by atoms with Crippen LogP contribution in [0, 0.1) is 5.41 Å². The Labute approximate surface area is 70.2 Å². The van der Waals surface area contributed by atoms with Crippen molar-refractivity contribution >= 4 is 0 Å². The number of hydrogen-bond donors (Lipinski definition) is 0. The second-order valence-electron chi connectivity index (χ2n) is 3.72. The SMILES string of the molecule is CC(C)(C)CO/C=C\C(F)(F)F. The second-order valence-corrected chi connectivity index (χ2v) is 3.72. The van der Waals surface area contributed by atoms with Crippen LogP contribution in [0.5, 0.6) is 0 Å². The minimum Gasteiger partial charge on any atom is -0.501 e. The Balaban J connectivity index is 3.64. The van der Waals surface area contributed by atoms with Gasteiger partial charge in [0.05, 0.1) is 18.9 Å². The van der Waals surface area contributed by atoms with Gasteiger partial charge in [-0.2, -0.15) is 13.2 Å². The molecule has 0 radical (unpaired) electrons. The van der Waals surface area contributed by atoms with Gasteiger partial charge in [0, 0.05) is 0 Å². The van der Waals surface area contributed by atoms with E-state index in [1.54, 1.807) is 0 Å². The molecule has 0 aromatic rings. The zero-order valence-corrected chi connectivity index (χ0v) is 7.40. The summed E-state index contributed by atoms with van der Waals surface area (Å²) in [4.78, 5) is 0. The Hall–Kier alpha value is -0.670. The van der Waals surface area contributed by atoms with Crippen LogP contribution in [0.4, 0.5) is 13.2 Å². The first-order valence-corrected chi connectivity index (χ1v) is 3.57. The van der Waals surface area contributed by atoms with Gasteiger partial charge < -0.3 is 4.74 Å². The van der Waals surface area contributed by atoms with Crippen molar-refractivity contribution in [3.05, 3.63) is 12.3 Å². The standard InChI is InChI=1S/C8H13F3O/c1-7(2,3)6-12-5-4-8(9,10)11/h4-5H,6H2,1-3H3/b5-4-. The monoisotopic (exact) mass is 182 g/mol. The smallest absolute Gasteiger partial charge is 0.412 e. The van der Waals surface area contributed by atoms with Gasteiger partial charge in [0.2, 0.25) is 0 Å². The Morgan fingerprint density at radius 3 is 2.00 bits per heavy atom. The summed E-state index contributed by atoms with van der Waals surface area (Å²) < 4.78 is 39.2. The lowest BCUT2D eigenvalue weighted by Crippen LogP contribution is -2.12. The molecule has 0 aromatic carbocycles. The third-order valence-corrected chi connectivity index (χ3v) is 0.870. The molecule has 0 spiro atoms. The lowest BCUT2D eigenvalue weighted by atomic mass is 9.99. The van der Waals surface area contributed by atoms with Gasteiger partial charge in [-0.1, -0.05) is 20.8 Å². The Morgan fingerprint density at radius 2 is 1.67 bits per heavy atom. The van der Waals surface area contributed by atoms with Crippen LogP contribution in [0.1, 0.15) is 20.8 Å². The van der Waals surface area contributed by atoms with Gasteiger partial charge in [-0.05, 0) is 5.41 Å². The molecule has 72 valence electrons. The third kappa shape index (κ3) is 9.33. The number of allylic oxidation sites excluding steroid dienone is 1. The highest BCUT2D eigenvalue weighted by Crippen LogP contribution is 2.17. The Bertz CT molecular complexity index is 153. The normalized spacial score (nSPS) is 13.8. The van der Waals surface area contributed by atoms with Crippen LogP contribution in [0.25, 0.3) is 0 Å².